The molecule has 2 heterocycles. The van der Waals surface area contributed by atoms with Crippen LogP contribution in [0.3, 0.4) is 0 Å². The van der Waals surface area contributed by atoms with E-state index in [0.29, 0.717) is 6.54 Å². The monoisotopic (exact) mass is 397 g/mol. The number of piperazine rings is 1. The maximum Gasteiger partial charge on any atom is 0.238 e. The van der Waals surface area contributed by atoms with E-state index in [0.717, 1.165) is 63.6 Å². The molecule has 2 aromatic rings. The fraction of sp³-hybridized carbons (Fsp3) is 0.565. The molecular formula is C23H35N5O. The molecule has 1 aliphatic rings. The number of nitrogens with zero attached hydrogens (tertiary/aromatic N) is 4. The van der Waals surface area contributed by atoms with E-state index in [1.165, 1.54) is 18.4 Å². The van der Waals surface area contributed by atoms with Crippen molar-refractivity contribution in [3.05, 3.63) is 48.0 Å². The lowest BCUT2D eigenvalue weighted by atomic mass is 10.1. The van der Waals surface area contributed by atoms with Gasteiger partial charge in [0.2, 0.25) is 5.91 Å². The lowest BCUT2D eigenvalue weighted by Crippen LogP contribution is -2.49. The number of aromatic nitrogens is 2. The molecule has 1 aromatic heterocycles. The number of carbonyl (C=O) groups is 1. The highest BCUT2D eigenvalue weighted by Crippen LogP contribution is 2.12. The minimum Gasteiger partial charge on any atom is -0.334 e. The second kappa shape index (κ2) is 11.1. The van der Waals surface area contributed by atoms with Crippen LogP contribution in [0.15, 0.2) is 36.7 Å². The van der Waals surface area contributed by atoms with Gasteiger partial charge in [0.05, 0.1) is 6.54 Å². The molecule has 158 valence electrons. The first kappa shape index (κ1) is 21.5. The van der Waals surface area contributed by atoms with E-state index in [1.807, 2.05) is 18.3 Å². The van der Waals surface area contributed by atoms with Gasteiger partial charge in [-0.1, -0.05) is 32.4 Å². The fourth-order valence-corrected chi connectivity index (χ4v) is 3.82. The van der Waals surface area contributed by atoms with Gasteiger partial charge in [-0.2, -0.15) is 0 Å². The lowest BCUT2D eigenvalue weighted by Gasteiger charge is -2.34. The number of imidazole rings is 1. The van der Waals surface area contributed by atoms with E-state index in [9.17, 15) is 4.79 Å². The van der Waals surface area contributed by atoms with Crippen molar-refractivity contribution >= 4 is 11.6 Å². The van der Waals surface area contributed by atoms with Crippen molar-refractivity contribution in [2.75, 3.05) is 44.6 Å². The van der Waals surface area contributed by atoms with Crippen LogP contribution in [0.5, 0.6) is 0 Å². The van der Waals surface area contributed by atoms with Crippen LogP contribution in [-0.4, -0.2) is 64.5 Å². The summed E-state index contributed by atoms with van der Waals surface area (Å²) >= 11 is 0. The van der Waals surface area contributed by atoms with Crippen LogP contribution >= 0.6 is 0 Å². The van der Waals surface area contributed by atoms with Crippen LogP contribution in [0.2, 0.25) is 0 Å². The van der Waals surface area contributed by atoms with Crippen LogP contribution in [0.1, 0.15) is 38.1 Å². The molecule has 1 saturated heterocycles. The quantitative estimate of drug-likeness (QED) is 0.670. The molecule has 0 atom stereocenters. The van der Waals surface area contributed by atoms with E-state index < -0.39 is 0 Å². The molecule has 1 N–H and O–H groups in total. The molecule has 0 aliphatic carbocycles. The molecular weight excluding hydrogens is 362 g/mol. The van der Waals surface area contributed by atoms with Crippen molar-refractivity contribution in [3.63, 3.8) is 0 Å². The van der Waals surface area contributed by atoms with E-state index in [2.05, 4.69) is 56.8 Å². The minimum absolute atomic E-state index is 0.0748. The molecule has 29 heavy (non-hydrogen) atoms. The maximum atomic E-state index is 12.4. The van der Waals surface area contributed by atoms with Crippen molar-refractivity contribution in [2.45, 2.75) is 46.1 Å². The van der Waals surface area contributed by atoms with Crippen molar-refractivity contribution in [1.82, 2.24) is 19.4 Å². The predicted molar refractivity (Wildman–Crippen MR) is 118 cm³/mol. The Labute approximate surface area is 174 Å². The highest BCUT2D eigenvalue weighted by atomic mass is 16.2. The van der Waals surface area contributed by atoms with Gasteiger partial charge in [0.1, 0.15) is 5.82 Å². The Bertz CT molecular complexity index is 747. The molecule has 1 fully saturated rings. The maximum absolute atomic E-state index is 12.4. The van der Waals surface area contributed by atoms with Crippen molar-refractivity contribution in [1.29, 1.82) is 0 Å². The van der Waals surface area contributed by atoms with Crippen molar-refractivity contribution in [2.24, 2.45) is 0 Å². The van der Waals surface area contributed by atoms with E-state index in [1.54, 1.807) is 0 Å². The number of rotatable bonds is 10. The lowest BCUT2D eigenvalue weighted by molar-refractivity contribution is -0.117. The van der Waals surface area contributed by atoms with Crippen LogP contribution in [0.4, 0.5) is 5.69 Å². The van der Waals surface area contributed by atoms with Gasteiger partial charge >= 0.3 is 0 Å². The van der Waals surface area contributed by atoms with Gasteiger partial charge in [-0.3, -0.25) is 14.6 Å². The number of nitrogens with one attached hydrogen (secondary N) is 1. The Hall–Kier alpha value is -2.18. The molecule has 0 unspecified atom stereocenters. The molecule has 1 aromatic carbocycles. The Morgan fingerprint density at radius 1 is 1.03 bits per heavy atom. The second-order valence-electron chi connectivity index (χ2n) is 7.86. The third-order valence-corrected chi connectivity index (χ3v) is 5.66. The average molecular weight is 398 g/mol. The first-order chi connectivity index (χ1) is 14.2. The number of aryl methyl sites for hydroxylation is 2. The van der Waals surface area contributed by atoms with Crippen LogP contribution in [-0.2, 0) is 24.2 Å². The summed E-state index contributed by atoms with van der Waals surface area (Å²) in [5, 5.41) is 3.04. The molecule has 3 rings (SSSR count). The molecule has 1 aliphatic heterocycles. The summed E-state index contributed by atoms with van der Waals surface area (Å²) in [4.78, 5) is 21.5. The van der Waals surface area contributed by atoms with Gasteiger partial charge < -0.3 is 9.88 Å². The molecule has 0 spiro atoms. The Kier molecular flexibility index (Phi) is 8.25. The number of carbonyl (C=O) groups excluding carboxylic acids is 1. The number of anilines is 1. The van der Waals surface area contributed by atoms with Crippen LogP contribution < -0.4 is 5.32 Å². The third kappa shape index (κ3) is 6.68. The molecule has 6 heteroatoms. The van der Waals surface area contributed by atoms with Gasteiger partial charge in [0.15, 0.2) is 0 Å². The predicted octanol–water partition coefficient (Wildman–Crippen LogP) is 3.04. The highest BCUT2D eigenvalue weighted by molar-refractivity contribution is 5.92. The van der Waals surface area contributed by atoms with Gasteiger partial charge in [-0.15, -0.1) is 0 Å². The standard InChI is InChI=1S/C23H35N5O/c1-3-5-6-20-7-9-21(10-8-20)25-23(29)19-27-15-13-26(14-16-27)17-18-28-12-11-24-22(28)4-2/h7-12H,3-6,13-19H2,1-2H3,(H,25,29). The largest absolute Gasteiger partial charge is 0.334 e. The normalized spacial score (nSPS) is 15.5. The molecule has 0 bridgehead atoms. The SMILES string of the molecule is CCCCc1ccc(NC(=O)CN2CCN(CCn3ccnc3CC)CC2)cc1. The molecule has 6 nitrogen and oxygen atoms in total. The van der Waals surface area contributed by atoms with Gasteiger partial charge in [0.25, 0.3) is 0 Å². The first-order valence-electron chi connectivity index (χ1n) is 11.0. The first-order valence-corrected chi connectivity index (χ1v) is 11.0. The number of amides is 1. The number of benzene rings is 1. The summed E-state index contributed by atoms with van der Waals surface area (Å²) in [6.45, 7) is 10.7. The summed E-state index contributed by atoms with van der Waals surface area (Å²) in [5.41, 5.74) is 2.23. The molecule has 1 amide bonds. The Morgan fingerprint density at radius 3 is 2.45 bits per heavy atom. The number of hydrogen-bond donors (Lipinski definition) is 1. The summed E-state index contributed by atoms with van der Waals surface area (Å²) in [6, 6.07) is 8.27. The van der Waals surface area contributed by atoms with E-state index in [4.69, 9.17) is 0 Å². The van der Waals surface area contributed by atoms with Crippen molar-refractivity contribution < 1.29 is 4.79 Å². The average Bonchev–Trinajstić information content (AvgIpc) is 3.20. The summed E-state index contributed by atoms with van der Waals surface area (Å²) < 4.78 is 2.24. The van der Waals surface area contributed by atoms with Gasteiger partial charge in [0, 0.05) is 63.8 Å². The van der Waals surface area contributed by atoms with Crippen LogP contribution in [0.25, 0.3) is 0 Å². The van der Waals surface area contributed by atoms with E-state index >= 15 is 0 Å². The van der Waals surface area contributed by atoms with Gasteiger partial charge in [-0.05, 0) is 30.5 Å². The van der Waals surface area contributed by atoms with Crippen molar-refractivity contribution in [3.8, 4) is 0 Å². The molecule has 0 radical (unpaired) electrons. The minimum atomic E-state index is 0.0748. The highest BCUT2D eigenvalue weighted by Gasteiger charge is 2.19. The number of hydrogen-bond acceptors (Lipinski definition) is 4. The zero-order chi connectivity index (χ0) is 20.5. The fourth-order valence-electron chi connectivity index (χ4n) is 3.82. The third-order valence-electron chi connectivity index (χ3n) is 5.66. The number of unbranched alkanes of at least 4 members (excludes halogenated alkanes) is 1. The van der Waals surface area contributed by atoms with Gasteiger partial charge in [-0.25, -0.2) is 4.98 Å². The summed E-state index contributed by atoms with van der Waals surface area (Å²) in [5.74, 6) is 1.23. The topological polar surface area (TPSA) is 53.4 Å². The summed E-state index contributed by atoms with van der Waals surface area (Å²) in [6.07, 6.45) is 8.44. The molecule has 0 saturated carbocycles. The smallest absolute Gasteiger partial charge is 0.238 e. The second-order valence-corrected chi connectivity index (χ2v) is 7.86. The Balaban J connectivity index is 1.36. The zero-order valence-corrected chi connectivity index (χ0v) is 17.9. The zero-order valence-electron chi connectivity index (χ0n) is 17.9. The summed E-state index contributed by atoms with van der Waals surface area (Å²) in [7, 11) is 0. The van der Waals surface area contributed by atoms with Crippen LogP contribution in [0, 0.1) is 0 Å². The van der Waals surface area contributed by atoms with E-state index in [-0.39, 0.29) is 5.91 Å². The Morgan fingerprint density at radius 2 is 1.76 bits per heavy atom.